The van der Waals surface area contributed by atoms with Gasteiger partial charge >= 0.3 is 0 Å². The number of carbonyl (C=O) groups is 2. The second-order valence-electron chi connectivity index (χ2n) is 4.73. The van der Waals surface area contributed by atoms with Gasteiger partial charge in [0.05, 0.1) is 5.56 Å². The molecule has 6 nitrogen and oxygen atoms in total. The quantitative estimate of drug-likeness (QED) is 0.813. The summed E-state index contributed by atoms with van der Waals surface area (Å²) < 4.78 is 0. The first kappa shape index (κ1) is 13.3. The van der Waals surface area contributed by atoms with E-state index in [4.69, 9.17) is 0 Å². The summed E-state index contributed by atoms with van der Waals surface area (Å²) in [6.45, 7) is 0.682. The highest BCUT2D eigenvalue weighted by Gasteiger charge is 2.25. The topological polar surface area (TPSA) is 74.3 Å². The van der Waals surface area contributed by atoms with Gasteiger partial charge in [0.2, 0.25) is 5.91 Å². The molecule has 1 aromatic rings. The largest absolute Gasteiger partial charge is 0.362 e. The molecule has 19 heavy (non-hydrogen) atoms. The standard InChI is InChI=1S/C13H18N4O2/c1-17(2)11-9(5-3-7-14-11)12(18)16-10-6-4-8-15-13(10)19/h3,5,7,10H,4,6,8H2,1-2H3,(H,15,19)(H,16,18)/t10-/m0/s1. The first-order chi connectivity index (χ1) is 9.09. The zero-order chi connectivity index (χ0) is 13.8. The van der Waals surface area contributed by atoms with E-state index in [9.17, 15) is 9.59 Å². The average molecular weight is 262 g/mol. The van der Waals surface area contributed by atoms with E-state index in [1.807, 2.05) is 14.1 Å². The van der Waals surface area contributed by atoms with Crippen molar-refractivity contribution in [1.29, 1.82) is 0 Å². The number of carbonyl (C=O) groups excluding carboxylic acids is 2. The molecule has 2 rings (SSSR count). The molecule has 0 spiro atoms. The Balaban J connectivity index is 2.13. The van der Waals surface area contributed by atoms with Gasteiger partial charge in [-0.05, 0) is 25.0 Å². The molecule has 0 bridgehead atoms. The van der Waals surface area contributed by atoms with Gasteiger partial charge in [-0.3, -0.25) is 9.59 Å². The Morgan fingerprint density at radius 3 is 3.00 bits per heavy atom. The minimum absolute atomic E-state index is 0.116. The molecule has 1 aliphatic rings. The van der Waals surface area contributed by atoms with Crippen LogP contribution >= 0.6 is 0 Å². The molecule has 0 aromatic carbocycles. The van der Waals surface area contributed by atoms with Crippen molar-refractivity contribution in [2.45, 2.75) is 18.9 Å². The van der Waals surface area contributed by atoms with Crippen molar-refractivity contribution in [1.82, 2.24) is 15.6 Å². The van der Waals surface area contributed by atoms with Gasteiger partial charge in [-0.15, -0.1) is 0 Å². The lowest BCUT2D eigenvalue weighted by molar-refractivity contribution is -0.124. The zero-order valence-electron chi connectivity index (χ0n) is 11.1. The van der Waals surface area contributed by atoms with Gasteiger partial charge in [-0.2, -0.15) is 0 Å². The number of aromatic nitrogens is 1. The molecule has 6 heteroatoms. The van der Waals surface area contributed by atoms with Crippen LogP contribution in [0.25, 0.3) is 0 Å². The number of piperidine rings is 1. The zero-order valence-corrected chi connectivity index (χ0v) is 11.1. The van der Waals surface area contributed by atoms with Crippen LogP contribution in [0, 0.1) is 0 Å². The molecule has 2 N–H and O–H groups in total. The number of rotatable bonds is 3. The van der Waals surface area contributed by atoms with Gasteiger partial charge in [0.15, 0.2) is 0 Å². The van der Waals surface area contributed by atoms with E-state index in [1.54, 1.807) is 23.2 Å². The lowest BCUT2D eigenvalue weighted by atomic mass is 10.1. The van der Waals surface area contributed by atoms with Crippen LogP contribution in [0.5, 0.6) is 0 Å². The summed E-state index contributed by atoms with van der Waals surface area (Å²) >= 11 is 0. The van der Waals surface area contributed by atoms with E-state index in [0.29, 0.717) is 24.3 Å². The summed E-state index contributed by atoms with van der Waals surface area (Å²) in [5.74, 6) is 0.213. The molecule has 1 atom stereocenters. The molecular formula is C13H18N4O2. The first-order valence-corrected chi connectivity index (χ1v) is 6.30. The Morgan fingerprint density at radius 1 is 1.53 bits per heavy atom. The first-order valence-electron chi connectivity index (χ1n) is 6.30. The fourth-order valence-corrected chi connectivity index (χ4v) is 2.08. The average Bonchev–Trinajstić information content (AvgIpc) is 2.41. The normalized spacial score (nSPS) is 18.6. The molecule has 0 radical (unpaired) electrons. The van der Waals surface area contributed by atoms with Crippen molar-refractivity contribution in [3.63, 3.8) is 0 Å². The summed E-state index contributed by atoms with van der Waals surface area (Å²) in [5.41, 5.74) is 0.478. The van der Waals surface area contributed by atoms with Crippen LogP contribution in [0.1, 0.15) is 23.2 Å². The second kappa shape index (κ2) is 5.69. The summed E-state index contributed by atoms with van der Waals surface area (Å²) in [5, 5.41) is 5.51. The number of nitrogens with one attached hydrogen (secondary N) is 2. The van der Waals surface area contributed by atoms with Gasteiger partial charge in [0, 0.05) is 26.8 Å². The molecule has 0 unspecified atom stereocenters. The molecule has 2 amide bonds. The van der Waals surface area contributed by atoms with Crippen LogP contribution in [0.3, 0.4) is 0 Å². The number of nitrogens with zero attached hydrogens (tertiary/aromatic N) is 2. The third-order valence-electron chi connectivity index (χ3n) is 3.05. The fraction of sp³-hybridized carbons (Fsp3) is 0.462. The van der Waals surface area contributed by atoms with Crippen molar-refractivity contribution in [2.75, 3.05) is 25.5 Å². The monoisotopic (exact) mass is 262 g/mol. The highest BCUT2D eigenvalue weighted by molar-refractivity contribution is 6.01. The lowest BCUT2D eigenvalue weighted by Gasteiger charge is -2.23. The van der Waals surface area contributed by atoms with Crippen molar-refractivity contribution < 1.29 is 9.59 Å². The van der Waals surface area contributed by atoms with Gasteiger partial charge in [-0.25, -0.2) is 4.98 Å². The third-order valence-corrected chi connectivity index (χ3v) is 3.05. The molecule has 1 aliphatic heterocycles. The Labute approximate surface area is 112 Å². The second-order valence-corrected chi connectivity index (χ2v) is 4.73. The molecule has 1 fully saturated rings. The Hall–Kier alpha value is -2.11. The van der Waals surface area contributed by atoms with E-state index in [0.717, 1.165) is 6.42 Å². The number of hydrogen-bond acceptors (Lipinski definition) is 4. The highest BCUT2D eigenvalue weighted by atomic mass is 16.2. The minimum Gasteiger partial charge on any atom is -0.362 e. The van der Waals surface area contributed by atoms with Gasteiger partial charge in [0.25, 0.3) is 5.91 Å². The molecular weight excluding hydrogens is 244 g/mol. The SMILES string of the molecule is CN(C)c1ncccc1C(=O)N[C@H]1CCCNC1=O. The highest BCUT2D eigenvalue weighted by Crippen LogP contribution is 2.15. The Kier molecular flexibility index (Phi) is 3.99. The lowest BCUT2D eigenvalue weighted by Crippen LogP contribution is -2.50. The van der Waals surface area contributed by atoms with Crippen molar-refractivity contribution in [3.05, 3.63) is 23.9 Å². The maximum Gasteiger partial charge on any atom is 0.255 e. The van der Waals surface area contributed by atoms with Crippen LogP contribution in [-0.2, 0) is 4.79 Å². The summed E-state index contributed by atoms with van der Waals surface area (Å²) in [7, 11) is 3.65. The van der Waals surface area contributed by atoms with Crippen LogP contribution in [0.15, 0.2) is 18.3 Å². The van der Waals surface area contributed by atoms with Crippen LogP contribution < -0.4 is 15.5 Å². The smallest absolute Gasteiger partial charge is 0.255 e. The van der Waals surface area contributed by atoms with Crippen molar-refractivity contribution in [2.24, 2.45) is 0 Å². The predicted octanol–water partition coefficient (Wildman–Crippen LogP) is 0.156. The maximum atomic E-state index is 12.2. The van der Waals surface area contributed by atoms with Crippen LogP contribution in [-0.4, -0.2) is 43.5 Å². The maximum absolute atomic E-state index is 12.2. The molecule has 1 saturated heterocycles. The molecule has 102 valence electrons. The van der Waals surface area contributed by atoms with E-state index in [2.05, 4.69) is 15.6 Å². The predicted molar refractivity (Wildman–Crippen MR) is 72.1 cm³/mol. The van der Waals surface area contributed by atoms with E-state index < -0.39 is 6.04 Å². The number of anilines is 1. The molecule has 1 aromatic heterocycles. The van der Waals surface area contributed by atoms with Crippen molar-refractivity contribution >= 4 is 17.6 Å². The molecule has 0 saturated carbocycles. The minimum atomic E-state index is -0.448. The summed E-state index contributed by atoms with van der Waals surface area (Å²) in [6, 6.07) is 2.97. The number of amides is 2. The molecule has 0 aliphatic carbocycles. The van der Waals surface area contributed by atoms with E-state index >= 15 is 0 Å². The third kappa shape index (κ3) is 3.01. The van der Waals surface area contributed by atoms with E-state index in [-0.39, 0.29) is 11.8 Å². The van der Waals surface area contributed by atoms with Crippen molar-refractivity contribution in [3.8, 4) is 0 Å². The number of pyridine rings is 1. The Morgan fingerprint density at radius 2 is 2.32 bits per heavy atom. The fourth-order valence-electron chi connectivity index (χ4n) is 2.08. The summed E-state index contributed by atoms with van der Waals surface area (Å²) in [6.07, 6.45) is 3.19. The Bertz CT molecular complexity index is 487. The van der Waals surface area contributed by atoms with Gasteiger partial charge in [0.1, 0.15) is 11.9 Å². The van der Waals surface area contributed by atoms with Gasteiger partial charge in [-0.1, -0.05) is 0 Å². The van der Waals surface area contributed by atoms with Crippen LogP contribution in [0.4, 0.5) is 5.82 Å². The van der Waals surface area contributed by atoms with Crippen LogP contribution in [0.2, 0.25) is 0 Å². The number of hydrogen-bond donors (Lipinski definition) is 2. The summed E-state index contributed by atoms with van der Waals surface area (Å²) in [4.78, 5) is 29.8. The molecule has 2 heterocycles. The van der Waals surface area contributed by atoms with E-state index in [1.165, 1.54) is 0 Å². The van der Waals surface area contributed by atoms with Gasteiger partial charge < -0.3 is 15.5 Å².